The topological polar surface area (TPSA) is 43.4 Å². The molecular formula is C15H15BrN2O2S. The minimum absolute atomic E-state index is 0.285. The lowest BCUT2D eigenvalue weighted by Gasteiger charge is -2.19. The Morgan fingerprint density at radius 1 is 1.38 bits per heavy atom. The van der Waals surface area contributed by atoms with Crippen LogP contribution < -0.4 is 14.8 Å². The van der Waals surface area contributed by atoms with Gasteiger partial charge in [-0.25, -0.2) is 4.98 Å². The average molecular weight is 367 g/mol. The standard InChI is InChI=1S/C15H15BrN2O2S/c1-17-10-3-2-4-11-14(10)21-15(18-11)8-5-9(16)13-12(6-8)19-7-20-13/h5-6,10,17H,2-4,7H2,1H3. The first-order valence-corrected chi connectivity index (χ1v) is 8.63. The van der Waals surface area contributed by atoms with Crippen LogP contribution in [0.4, 0.5) is 0 Å². The highest BCUT2D eigenvalue weighted by Crippen LogP contribution is 2.44. The Morgan fingerprint density at radius 3 is 3.14 bits per heavy atom. The van der Waals surface area contributed by atoms with Crippen LogP contribution in [-0.2, 0) is 6.42 Å². The van der Waals surface area contributed by atoms with Crippen LogP contribution in [0.25, 0.3) is 10.6 Å². The predicted octanol–water partition coefficient (Wildman–Crippen LogP) is 3.90. The van der Waals surface area contributed by atoms with Gasteiger partial charge in [0.05, 0.1) is 10.2 Å². The molecule has 2 heterocycles. The highest BCUT2D eigenvalue weighted by Gasteiger charge is 2.25. The van der Waals surface area contributed by atoms with E-state index in [1.54, 1.807) is 11.3 Å². The van der Waals surface area contributed by atoms with Gasteiger partial charge in [-0.05, 0) is 54.4 Å². The van der Waals surface area contributed by atoms with Gasteiger partial charge in [-0.2, -0.15) is 0 Å². The summed E-state index contributed by atoms with van der Waals surface area (Å²) in [7, 11) is 2.02. The fourth-order valence-electron chi connectivity index (χ4n) is 2.91. The number of aromatic nitrogens is 1. The maximum Gasteiger partial charge on any atom is 0.231 e. The number of aryl methyl sites for hydroxylation is 1. The van der Waals surface area contributed by atoms with Crippen LogP contribution in [0, 0.1) is 0 Å². The number of ether oxygens (including phenoxy) is 2. The Labute approximate surface area is 135 Å². The number of fused-ring (bicyclic) bond motifs is 2. The summed E-state index contributed by atoms with van der Waals surface area (Å²) < 4.78 is 11.9. The van der Waals surface area contributed by atoms with E-state index in [1.807, 2.05) is 13.1 Å². The van der Waals surface area contributed by atoms with Crippen molar-refractivity contribution in [1.82, 2.24) is 10.3 Å². The van der Waals surface area contributed by atoms with E-state index in [9.17, 15) is 0 Å². The zero-order valence-electron chi connectivity index (χ0n) is 11.6. The lowest BCUT2D eigenvalue weighted by molar-refractivity contribution is 0.173. The van der Waals surface area contributed by atoms with E-state index in [0.717, 1.165) is 33.0 Å². The van der Waals surface area contributed by atoms with Crippen LogP contribution in [0.5, 0.6) is 11.5 Å². The third kappa shape index (κ3) is 2.25. The van der Waals surface area contributed by atoms with E-state index in [2.05, 4.69) is 27.3 Å². The predicted molar refractivity (Wildman–Crippen MR) is 86.1 cm³/mol. The number of halogens is 1. The zero-order chi connectivity index (χ0) is 14.4. The normalized spacial score (nSPS) is 19.6. The van der Waals surface area contributed by atoms with Gasteiger partial charge >= 0.3 is 0 Å². The number of nitrogens with zero attached hydrogens (tertiary/aromatic N) is 1. The molecule has 6 heteroatoms. The highest BCUT2D eigenvalue weighted by molar-refractivity contribution is 9.10. The first kappa shape index (κ1) is 13.5. The van der Waals surface area contributed by atoms with Crippen molar-refractivity contribution in [3.63, 3.8) is 0 Å². The van der Waals surface area contributed by atoms with Gasteiger partial charge in [0.15, 0.2) is 11.5 Å². The van der Waals surface area contributed by atoms with Gasteiger partial charge in [0.1, 0.15) is 5.01 Å². The maximum atomic E-state index is 5.50. The molecule has 1 aliphatic heterocycles. The van der Waals surface area contributed by atoms with Crippen LogP contribution in [-0.4, -0.2) is 18.8 Å². The molecule has 1 aromatic carbocycles. The fourth-order valence-corrected chi connectivity index (χ4v) is 4.71. The summed E-state index contributed by atoms with van der Waals surface area (Å²) >= 11 is 5.34. The molecule has 4 nitrogen and oxygen atoms in total. The minimum atomic E-state index is 0.285. The number of thiazole rings is 1. The monoisotopic (exact) mass is 366 g/mol. The molecule has 1 aromatic heterocycles. The molecule has 0 saturated carbocycles. The van der Waals surface area contributed by atoms with Gasteiger partial charge in [0.25, 0.3) is 0 Å². The largest absolute Gasteiger partial charge is 0.454 e. The van der Waals surface area contributed by atoms with Crippen molar-refractivity contribution in [2.24, 2.45) is 0 Å². The number of benzene rings is 1. The molecule has 0 radical (unpaired) electrons. The van der Waals surface area contributed by atoms with Crippen LogP contribution in [0.1, 0.15) is 29.5 Å². The van der Waals surface area contributed by atoms with E-state index in [0.29, 0.717) is 6.04 Å². The van der Waals surface area contributed by atoms with Crippen molar-refractivity contribution in [3.05, 3.63) is 27.2 Å². The number of nitrogens with one attached hydrogen (secondary N) is 1. The maximum absolute atomic E-state index is 5.50. The second-order valence-corrected chi connectivity index (χ2v) is 7.14. The van der Waals surface area contributed by atoms with Crippen molar-refractivity contribution in [3.8, 4) is 22.1 Å². The summed E-state index contributed by atoms with van der Waals surface area (Å²) in [5.74, 6) is 1.57. The molecule has 1 atom stereocenters. The summed E-state index contributed by atoms with van der Waals surface area (Å²) in [5, 5.41) is 4.45. The molecule has 110 valence electrons. The molecule has 21 heavy (non-hydrogen) atoms. The van der Waals surface area contributed by atoms with Gasteiger partial charge in [-0.3, -0.25) is 0 Å². The molecule has 2 aliphatic rings. The number of rotatable bonds is 2. The Balaban J connectivity index is 1.78. The average Bonchev–Trinajstić information content (AvgIpc) is 3.12. The van der Waals surface area contributed by atoms with E-state index in [-0.39, 0.29) is 6.79 Å². The Morgan fingerprint density at radius 2 is 2.29 bits per heavy atom. The molecule has 0 spiro atoms. The van der Waals surface area contributed by atoms with Crippen molar-refractivity contribution >= 4 is 27.3 Å². The molecular weight excluding hydrogens is 352 g/mol. The first-order chi connectivity index (χ1) is 10.3. The summed E-state index contributed by atoms with van der Waals surface area (Å²) in [4.78, 5) is 6.23. The molecule has 1 unspecified atom stereocenters. The second-order valence-electron chi connectivity index (χ2n) is 5.26. The third-order valence-corrected chi connectivity index (χ3v) is 5.82. The van der Waals surface area contributed by atoms with E-state index >= 15 is 0 Å². The van der Waals surface area contributed by atoms with Gasteiger partial charge in [-0.1, -0.05) is 0 Å². The summed E-state index contributed by atoms with van der Waals surface area (Å²) in [6.45, 7) is 0.285. The highest BCUT2D eigenvalue weighted by atomic mass is 79.9. The Bertz CT molecular complexity index is 701. The van der Waals surface area contributed by atoms with Gasteiger partial charge in [0.2, 0.25) is 6.79 Å². The van der Waals surface area contributed by atoms with Crippen molar-refractivity contribution < 1.29 is 9.47 Å². The molecule has 0 saturated heterocycles. The molecule has 1 aliphatic carbocycles. The van der Waals surface area contributed by atoms with Crippen LogP contribution in [0.3, 0.4) is 0 Å². The molecule has 0 amide bonds. The molecule has 1 N–H and O–H groups in total. The van der Waals surface area contributed by atoms with Crippen molar-refractivity contribution in [2.45, 2.75) is 25.3 Å². The van der Waals surface area contributed by atoms with Crippen LogP contribution >= 0.6 is 27.3 Å². The SMILES string of the molecule is CNC1CCCc2nc(-c3cc(Br)c4c(c3)OCO4)sc21. The van der Waals surface area contributed by atoms with Gasteiger partial charge in [0, 0.05) is 16.5 Å². The molecule has 0 bridgehead atoms. The number of hydrogen-bond donors (Lipinski definition) is 1. The second kappa shape index (κ2) is 5.26. The van der Waals surface area contributed by atoms with E-state index < -0.39 is 0 Å². The lowest BCUT2D eigenvalue weighted by atomic mass is 9.98. The smallest absolute Gasteiger partial charge is 0.231 e. The molecule has 2 aromatic rings. The fraction of sp³-hybridized carbons (Fsp3) is 0.400. The quantitative estimate of drug-likeness (QED) is 0.875. The van der Waals surface area contributed by atoms with Crippen LogP contribution in [0.15, 0.2) is 16.6 Å². The minimum Gasteiger partial charge on any atom is -0.454 e. The number of hydrogen-bond acceptors (Lipinski definition) is 5. The first-order valence-electron chi connectivity index (χ1n) is 7.02. The molecule has 4 rings (SSSR count). The van der Waals surface area contributed by atoms with Crippen molar-refractivity contribution in [1.29, 1.82) is 0 Å². The summed E-state index contributed by atoms with van der Waals surface area (Å²) in [6, 6.07) is 4.52. The van der Waals surface area contributed by atoms with E-state index in [4.69, 9.17) is 14.5 Å². The Kier molecular flexibility index (Phi) is 3.40. The summed E-state index contributed by atoms with van der Waals surface area (Å²) in [5.41, 5.74) is 2.33. The van der Waals surface area contributed by atoms with Gasteiger partial charge < -0.3 is 14.8 Å². The van der Waals surface area contributed by atoms with E-state index in [1.165, 1.54) is 23.4 Å². The zero-order valence-corrected chi connectivity index (χ0v) is 14.0. The van der Waals surface area contributed by atoms with Crippen molar-refractivity contribution in [2.75, 3.05) is 13.8 Å². The Hall–Kier alpha value is -1.11. The third-order valence-electron chi connectivity index (χ3n) is 3.97. The summed E-state index contributed by atoms with van der Waals surface area (Å²) in [6.07, 6.45) is 3.47. The van der Waals surface area contributed by atoms with Gasteiger partial charge in [-0.15, -0.1) is 11.3 Å². The lowest BCUT2D eigenvalue weighted by Crippen LogP contribution is -2.19. The van der Waals surface area contributed by atoms with Crippen LogP contribution in [0.2, 0.25) is 0 Å². The molecule has 0 fully saturated rings.